The molecule has 7 heteroatoms. The fourth-order valence-corrected chi connectivity index (χ4v) is 2.22. The number of hydrazine groups is 1. The highest BCUT2D eigenvalue weighted by Gasteiger charge is 2.07. The van der Waals surface area contributed by atoms with Crippen LogP contribution in [0.2, 0.25) is 0 Å². The minimum absolute atomic E-state index is 0.233. The predicted octanol–water partition coefficient (Wildman–Crippen LogP) is 1.34. The van der Waals surface area contributed by atoms with Crippen LogP contribution in [0, 0.1) is 5.82 Å². The van der Waals surface area contributed by atoms with Gasteiger partial charge in [-0.05, 0) is 13.1 Å². The molecule has 1 rings (SSSR count). The largest absolute Gasteiger partial charge is 0.303 e. The summed E-state index contributed by atoms with van der Waals surface area (Å²) in [5.74, 6) is 5.79. The van der Waals surface area contributed by atoms with Crippen molar-refractivity contribution in [1.82, 2.24) is 14.9 Å². The number of aromatic nitrogens is 2. The van der Waals surface area contributed by atoms with E-state index in [-0.39, 0.29) is 5.95 Å². The molecule has 1 heterocycles. The Morgan fingerprint density at radius 3 is 2.76 bits per heavy atom. The maximum atomic E-state index is 13.4. The Labute approximate surface area is 105 Å². The van der Waals surface area contributed by atoms with Crippen LogP contribution in [0.1, 0.15) is 13.8 Å². The number of nitrogens with one attached hydrogen (secondary N) is 1. The van der Waals surface area contributed by atoms with Crippen molar-refractivity contribution in [3.63, 3.8) is 0 Å². The molecule has 0 unspecified atom stereocenters. The quantitative estimate of drug-likeness (QED) is 0.333. The lowest BCUT2D eigenvalue weighted by molar-refractivity contribution is 0.324. The summed E-state index contributed by atoms with van der Waals surface area (Å²) in [4.78, 5) is 9.92. The molecule has 17 heavy (non-hydrogen) atoms. The summed E-state index contributed by atoms with van der Waals surface area (Å²) in [6.07, 6.45) is 1.13. The first-order chi connectivity index (χ1) is 8.21. The molecular formula is C10H18FN5S. The van der Waals surface area contributed by atoms with E-state index in [9.17, 15) is 4.39 Å². The number of nitrogens with two attached hydrogens (primary N) is 1. The van der Waals surface area contributed by atoms with Gasteiger partial charge in [0, 0.05) is 12.3 Å². The minimum atomic E-state index is -0.409. The number of thioether (sulfide) groups is 1. The van der Waals surface area contributed by atoms with E-state index < -0.39 is 5.82 Å². The van der Waals surface area contributed by atoms with Crippen molar-refractivity contribution in [2.75, 3.05) is 30.8 Å². The number of nitrogen functional groups attached to an aromatic ring is 1. The molecule has 0 aliphatic rings. The number of hydrogen-bond donors (Lipinski definition) is 2. The van der Waals surface area contributed by atoms with Gasteiger partial charge in [-0.15, -0.1) is 11.8 Å². The molecule has 0 bridgehead atoms. The normalized spacial score (nSPS) is 10.9. The molecule has 0 aliphatic heterocycles. The molecule has 5 nitrogen and oxygen atoms in total. The maximum absolute atomic E-state index is 13.4. The van der Waals surface area contributed by atoms with Gasteiger partial charge in [0.25, 0.3) is 0 Å². The van der Waals surface area contributed by atoms with E-state index in [1.807, 2.05) is 0 Å². The van der Waals surface area contributed by atoms with Gasteiger partial charge < -0.3 is 4.90 Å². The van der Waals surface area contributed by atoms with E-state index in [0.29, 0.717) is 5.03 Å². The van der Waals surface area contributed by atoms with Crippen molar-refractivity contribution in [3.8, 4) is 0 Å². The maximum Gasteiger partial charge on any atom is 0.238 e. The first kappa shape index (κ1) is 14.1. The van der Waals surface area contributed by atoms with Crippen molar-refractivity contribution < 1.29 is 4.39 Å². The van der Waals surface area contributed by atoms with Crippen LogP contribution in [0.15, 0.2) is 11.2 Å². The molecule has 3 N–H and O–H groups in total. The summed E-state index contributed by atoms with van der Waals surface area (Å²) in [5, 5.41) is 0.333. The molecule has 0 amide bonds. The smallest absolute Gasteiger partial charge is 0.238 e. The second-order valence-corrected chi connectivity index (χ2v) is 4.45. The lowest BCUT2D eigenvalue weighted by Crippen LogP contribution is -2.25. The zero-order chi connectivity index (χ0) is 12.7. The molecule has 1 aromatic rings. The van der Waals surface area contributed by atoms with Gasteiger partial charge in [0.05, 0.1) is 6.20 Å². The summed E-state index contributed by atoms with van der Waals surface area (Å²) in [6, 6.07) is 0. The van der Waals surface area contributed by atoms with Crippen LogP contribution in [-0.4, -0.2) is 40.3 Å². The first-order valence-corrected chi connectivity index (χ1v) is 6.54. The van der Waals surface area contributed by atoms with Gasteiger partial charge in [0.2, 0.25) is 5.95 Å². The van der Waals surface area contributed by atoms with Gasteiger partial charge in [0.1, 0.15) is 5.03 Å². The number of nitrogens with zero attached hydrogens (tertiary/aromatic N) is 3. The molecule has 1 aromatic heterocycles. The average molecular weight is 259 g/mol. The summed E-state index contributed by atoms with van der Waals surface area (Å²) in [7, 11) is 0. The van der Waals surface area contributed by atoms with Gasteiger partial charge in [-0.25, -0.2) is 20.2 Å². The topological polar surface area (TPSA) is 67.1 Å². The second-order valence-electron chi connectivity index (χ2n) is 3.37. The Morgan fingerprint density at radius 2 is 2.18 bits per heavy atom. The van der Waals surface area contributed by atoms with Crippen molar-refractivity contribution in [1.29, 1.82) is 0 Å². The van der Waals surface area contributed by atoms with E-state index in [0.717, 1.165) is 31.6 Å². The fourth-order valence-electron chi connectivity index (χ4n) is 1.33. The highest BCUT2D eigenvalue weighted by molar-refractivity contribution is 7.99. The number of halogens is 1. The van der Waals surface area contributed by atoms with Crippen LogP contribution in [0.25, 0.3) is 0 Å². The van der Waals surface area contributed by atoms with E-state index in [2.05, 4.69) is 34.1 Å². The van der Waals surface area contributed by atoms with Crippen LogP contribution in [0.5, 0.6) is 0 Å². The Balaban J connectivity index is 2.50. The Bertz CT molecular complexity index is 345. The van der Waals surface area contributed by atoms with Gasteiger partial charge in [0.15, 0.2) is 5.82 Å². The lowest BCUT2D eigenvalue weighted by atomic mass is 10.5. The average Bonchev–Trinajstić information content (AvgIpc) is 2.36. The summed E-state index contributed by atoms with van der Waals surface area (Å²) in [5.41, 5.74) is 2.30. The molecule has 0 atom stereocenters. The third kappa shape index (κ3) is 4.45. The van der Waals surface area contributed by atoms with Crippen LogP contribution < -0.4 is 11.3 Å². The minimum Gasteiger partial charge on any atom is -0.303 e. The predicted molar refractivity (Wildman–Crippen MR) is 68.3 cm³/mol. The first-order valence-electron chi connectivity index (χ1n) is 5.55. The monoisotopic (exact) mass is 259 g/mol. The molecule has 0 aromatic carbocycles. The van der Waals surface area contributed by atoms with Gasteiger partial charge in [-0.2, -0.15) is 0 Å². The third-order valence-corrected chi connectivity index (χ3v) is 3.33. The molecule has 0 radical (unpaired) electrons. The van der Waals surface area contributed by atoms with E-state index in [1.165, 1.54) is 11.8 Å². The van der Waals surface area contributed by atoms with Crippen molar-refractivity contribution in [3.05, 3.63) is 12.0 Å². The Hall–Kier alpha value is -0.920. The van der Waals surface area contributed by atoms with Crippen LogP contribution in [0.4, 0.5) is 10.3 Å². The second kappa shape index (κ2) is 7.41. The number of hydrogen-bond acceptors (Lipinski definition) is 6. The van der Waals surface area contributed by atoms with Crippen LogP contribution in [-0.2, 0) is 0 Å². The zero-order valence-corrected chi connectivity index (χ0v) is 10.9. The van der Waals surface area contributed by atoms with Crippen molar-refractivity contribution in [2.24, 2.45) is 5.84 Å². The van der Waals surface area contributed by atoms with Crippen LogP contribution >= 0.6 is 11.8 Å². The van der Waals surface area contributed by atoms with Crippen molar-refractivity contribution in [2.45, 2.75) is 18.9 Å². The summed E-state index contributed by atoms with van der Waals surface area (Å²) >= 11 is 1.37. The standard InChI is InChI=1S/C10H18FN5S/c1-3-16(4-2)5-6-17-9-8(11)7-13-10(14-9)15-12/h7H,3-6,12H2,1-2H3,(H,13,14,15). The zero-order valence-electron chi connectivity index (χ0n) is 10.1. The highest BCUT2D eigenvalue weighted by atomic mass is 32.2. The summed E-state index contributed by atoms with van der Waals surface area (Å²) in [6.45, 7) is 7.12. The van der Waals surface area contributed by atoms with Gasteiger partial charge >= 0.3 is 0 Å². The van der Waals surface area contributed by atoms with E-state index in [1.54, 1.807) is 0 Å². The molecule has 0 saturated heterocycles. The molecule has 0 spiro atoms. The Morgan fingerprint density at radius 1 is 1.47 bits per heavy atom. The van der Waals surface area contributed by atoms with Crippen LogP contribution in [0.3, 0.4) is 0 Å². The lowest BCUT2D eigenvalue weighted by Gasteiger charge is -2.17. The number of anilines is 1. The SMILES string of the molecule is CCN(CC)CCSc1nc(NN)ncc1F. The molecule has 0 fully saturated rings. The molecular weight excluding hydrogens is 241 g/mol. The van der Waals surface area contributed by atoms with Gasteiger partial charge in [-0.3, -0.25) is 5.43 Å². The van der Waals surface area contributed by atoms with Gasteiger partial charge in [-0.1, -0.05) is 13.8 Å². The summed E-state index contributed by atoms with van der Waals surface area (Å²) < 4.78 is 13.4. The fraction of sp³-hybridized carbons (Fsp3) is 0.600. The van der Waals surface area contributed by atoms with Crippen molar-refractivity contribution >= 4 is 17.7 Å². The van der Waals surface area contributed by atoms with E-state index >= 15 is 0 Å². The molecule has 0 aliphatic carbocycles. The number of rotatable bonds is 7. The van der Waals surface area contributed by atoms with E-state index in [4.69, 9.17) is 5.84 Å². The third-order valence-electron chi connectivity index (χ3n) is 2.38. The molecule has 96 valence electrons. The Kier molecular flexibility index (Phi) is 6.17. The highest BCUT2D eigenvalue weighted by Crippen LogP contribution is 2.19. The molecule has 0 saturated carbocycles.